The summed E-state index contributed by atoms with van der Waals surface area (Å²) in [6.45, 7) is 4.19. The normalized spacial score (nSPS) is 16.9. The molecule has 1 fully saturated rings. The van der Waals surface area contributed by atoms with Crippen LogP contribution in [0.15, 0.2) is 4.34 Å². The summed E-state index contributed by atoms with van der Waals surface area (Å²) >= 11 is 3.17. The molecular weight excluding hydrogens is 268 g/mol. The maximum Gasteiger partial charge on any atom is 0.306 e. The van der Waals surface area contributed by atoms with E-state index in [-0.39, 0.29) is 11.4 Å². The number of methoxy groups -OCH3 is 1. The van der Waals surface area contributed by atoms with Crippen molar-refractivity contribution in [2.24, 2.45) is 5.41 Å². The third-order valence-electron chi connectivity index (χ3n) is 3.15. The highest BCUT2D eigenvalue weighted by molar-refractivity contribution is 8.00. The van der Waals surface area contributed by atoms with Gasteiger partial charge in [-0.15, -0.1) is 0 Å². The van der Waals surface area contributed by atoms with E-state index in [1.165, 1.54) is 18.6 Å². The molecule has 0 saturated heterocycles. The van der Waals surface area contributed by atoms with E-state index in [0.717, 1.165) is 28.8 Å². The predicted molar refractivity (Wildman–Crippen MR) is 73.0 cm³/mol. The summed E-state index contributed by atoms with van der Waals surface area (Å²) in [6.07, 6.45) is 2.77. The lowest BCUT2D eigenvalue weighted by Crippen LogP contribution is -2.12. The van der Waals surface area contributed by atoms with Gasteiger partial charge in [-0.3, -0.25) is 4.79 Å². The first kappa shape index (κ1) is 13.8. The first-order chi connectivity index (χ1) is 8.54. The second kappa shape index (κ2) is 5.57. The van der Waals surface area contributed by atoms with Crippen LogP contribution in [0.25, 0.3) is 0 Å². The molecule has 1 aliphatic carbocycles. The standard InChI is InChI=1S/C12H18N2O2S2/c1-8(2)10-13-11(18-14-10)17-7-12(4-5-12)6-9(15)16-3/h8H,4-7H2,1-3H3. The summed E-state index contributed by atoms with van der Waals surface area (Å²) in [5.74, 6) is 2.13. The first-order valence-corrected chi connectivity index (χ1v) is 7.84. The van der Waals surface area contributed by atoms with Crippen molar-refractivity contribution in [3.8, 4) is 0 Å². The quantitative estimate of drug-likeness (QED) is 0.594. The molecule has 0 aromatic carbocycles. The number of carbonyl (C=O) groups excluding carboxylic acids is 1. The monoisotopic (exact) mass is 286 g/mol. The van der Waals surface area contributed by atoms with Gasteiger partial charge in [-0.2, -0.15) is 4.37 Å². The van der Waals surface area contributed by atoms with Gasteiger partial charge >= 0.3 is 5.97 Å². The second-order valence-electron chi connectivity index (χ2n) is 5.11. The fraction of sp³-hybridized carbons (Fsp3) is 0.750. The average Bonchev–Trinajstić information content (AvgIpc) is 2.92. The van der Waals surface area contributed by atoms with E-state index in [1.54, 1.807) is 11.8 Å². The molecule has 0 aliphatic heterocycles. The highest BCUT2D eigenvalue weighted by Gasteiger charge is 2.44. The number of hydrogen-bond donors (Lipinski definition) is 0. The molecule has 1 aliphatic rings. The lowest BCUT2D eigenvalue weighted by Gasteiger charge is -2.11. The maximum absolute atomic E-state index is 11.3. The van der Waals surface area contributed by atoms with Crippen LogP contribution in [-0.4, -0.2) is 28.2 Å². The zero-order valence-electron chi connectivity index (χ0n) is 10.9. The summed E-state index contributed by atoms with van der Waals surface area (Å²) in [4.78, 5) is 15.8. The van der Waals surface area contributed by atoms with Crippen LogP contribution in [0.1, 0.15) is 44.9 Å². The lowest BCUT2D eigenvalue weighted by atomic mass is 10.1. The van der Waals surface area contributed by atoms with Crippen molar-refractivity contribution in [2.75, 3.05) is 12.9 Å². The number of hydrogen-bond acceptors (Lipinski definition) is 6. The third-order valence-corrected chi connectivity index (χ3v) is 5.34. The van der Waals surface area contributed by atoms with Crippen molar-refractivity contribution >= 4 is 29.3 Å². The third kappa shape index (κ3) is 3.45. The van der Waals surface area contributed by atoms with Gasteiger partial charge < -0.3 is 4.74 Å². The molecule has 6 heteroatoms. The van der Waals surface area contributed by atoms with E-state index in [0.29, 0.717) is 12.3 Å². The number of nitrogens with zero attached hydrogens (tertiary/aromatic N) is 2. The smallest absolute Gasteiger partial charge is 0.306 e. The molecule has 0 atom stereocenters. The molecule has 1 heterocycles. The summed E-state index contributed by atoms with van der Waals surface area (Å²) < 4.78 is 10.1. The number of rotatable bonds is 6. The van der Waals surface area contributed by atoms with Crippen LogP contribution in [0.5, 0.6) is 0 Å². The van der Waals surface area contributed by atoms with E-state index in [1.807, 2.05) is 0 Å². The summed E-state index contributed by atoms with van der Waals surface area (Å²) in [5, 5.41) is 0. The van der Waals surface area contributed by atoms with Crippen LogP contribution in [-0.2, 0) is 9.53 Å². The summed E-state index contributed by atoms with van der Waals surface area (Å²) in [5.41, 5.74) is 0.154. The van der Waals surface area contributed by atoms with Crippen LogP contribution in [0.4, 0.5) is 0 Å². The van der Waals surface area contributed by atoms with Gasteiger partial charge in [-0.25, -0.2) is 4.98 Å². The van der Waals surface area contributed by atoms with Crippen molar-refractivity contribution in [1.82, 2.24) is 9.36 Å². The zero-order valence-corrected chi connectivity index (χ0v) is 12.6. The molecule has 0 bridgehead atoms. The molecule has 0 unspecified atom stereocenters. The molecule has 18 heavy (non-hydrogen) atoms. The number of esters is 1. The van der Waals surface area contributed by atoms with Gasteiger partial charge in [0.15, 0.2) is 4.34 Å². The van der Waals surface area contributed by atoms with E-state index < -0.39 is 0 Å². The van der Waals surface area contributed by atoms with E-state index >= 15 is 0 Å². The number of ether oxygens (including phenoxy) is 1. The van der Waals surface area contributed by atoms with Gasteiger partial charge in [-0.05, 0) is 29.8 Å². The Balaban J connectivity index is 1.85. The van der Waals surface area contributed by atoms with Crippen molar-refractivity contribution in [3.63, 3.8) is 0 Å². The zero-order chi connectivity index (χ0) is 13.2. The van der Waals surface area contributed by atoms with Gasteiger partial charge in [0.25, 0.3) is 0 Å². The molecule has 100 valence electrons. The first-order valence-electron chi connectivity index (χ1n) is 6.08. The van der Waals surface area contributed by atoms with Gasteiger partial charge in [0.1, 0.15) is 5.82 Å². The van der Waals surface area contributed by atoms with Crippen molar-refractivity contribution in [1.29, 1.82) is 0 Å². The van der Waals surface area contributed by atoms with Crippen LogP contribution in [0.3, 0.4) is 0 Å². The minimum Gasteiger partial charge on any atom is -0.469 e. The maximum atomic E-state index is 11.3. The Morgan fingerprint density at radius 3 is 2.78 bits per heavy atom. The topological polar surface area (TPSA) is 52.1 Å². The van der Waals surface area contributed by atoms with Crippen molar-refractivity contribution < 1.29 is 9.53 Å². The van der Waals surface area contributed by atoms with E-state index in [9.17, 15) is 4.79 Å². The molecule has 0 spiro atoms. The number of thioether (sulfide) groups is 1. The van der Waals surface area contributed by atoms with Gasteiger partial charge in [0, 0.05) is 11.7 Å². The number of aromatic nitrogens is 2. The van der Waals surface area contributed by atoms with E-state index in [2.05, 4.69) is 23.2 Å². The number of carbonyl (C=O) groups is 1. The molecule has 2 rings (SSSR count). The SMILES string of the molecule is COC(=O)CC1(CSc2nc(C(C)C)ns2)CC1. The molecule has 0 N–H and O–H groups in total. The minimum atomic E-state index is -0.103. The fourth-order valence-electron chi connectivity index (χ4n) is 1.66. The van der Waals surface area contributed by atoms with Crippen LogP contribution in [0.2, 0.25) is 0 Å². The Hall–Kier alpha value is -0.620. The Labute approximate surface area is 116 Å². The molecule has 0 amide bonds. The highest BCUT2D eigenvalue weighted by atomic mass is 32.2. The van der Waals surface area contributed by atoms with Crippen molar-refractivity contribution in [2.45, 2.75) is 43.4 Å². The molecule has 1 aromatic rings. The lowest BCUT2D eigenvalue weighted by molar-refractivity contribution is -0.141. The Morgan fingerprint density at radius 2 is 2.28 bits per heavy atom. The average molecular weight is 286 g/mol. The van der Waals surface area contributed by atoms with Gasteiger partial charge in [-0.1, -0.05) is 25.6 Å². The molecule has 1 aromatic heterocycles. The van der Waals surface area contributed by atoms with Crippen molar-refractivity contribution in [3.05, 3.63) is 5.82 Å². The Morgan fingerprint density at radius 1 is 1.56 bits per heavy atom. The molecule has 1 saturated carbocycles. The van der Waals surface area contributed by atoms with Crippen LogP contribution < -0.4 is 0 Å². The minimum absolute atomic E-state index is 0.103. The van der Waals surface area contributed by atoms with Gasteiger partial charge in [0.05, 0.1) is 13.5 Å². The van der Waals surface area contributed by atoms with Gasteiger partial charge in [0.2, 0.25) is 0 Å². The molecule has 4 nitrogen and oxygen atoms in total. The predicted octanol–water partition coefficient (Wildman–Crippen LogP) is 3.10. The van der Waals surface area contributed by atoms with Crippen LogP contribution in [0, 0.1) is 5.41 Å². The molecular formula is C12H18N2O2S2. The highest BCUT2D eigenvalue weighted by Crippen LogP contribution is 2.52. The van der Waals surface area contributed by atoms with Crippen LogP contribution >= 0.6 is 23.3 Å². The Bertz CT molecular complexity index is 427. The largest absolute Gasteiger partial charge is 0.469 e. The summed E-state index contributed by atoms with van der Waals surface area (Å²) in [6, 6.07) is 0. The Kier molecular flexibility index (Phi) is 4.27. The second-order valence-corrected chi connectivity index (χ2v) is 7.09. The fourth-order valence-corrected chi connectivity index (χ4v) is 3.69. The molecule has 0 radical (unpaired) electrons. The van der Waals surface area contributed by atoms with E-state index in [4.69, 9.17) is 4.74 Å². The summed E-state index contributed by atoms with van der Waals surface area (Å²) in [7, 11) is 1.45.